The number of anilines is 1. The highest BCUT2D eigenvalue weighted by Gasteiger charge is 2.32. The first kappa shape index (κ1) is 13.4. The Morgan fingerprint density at radius 1 is 1.40 bits per heavy atom. The number of amides is 1. The SMILES string of the molecule is O=C(C1CNc2ccccc2C1)N1CCC(CCO)C1. The van der Waals surface area contributed by atoms with Gasteiger partial charge in [-0.3, -0.25) is 4.79 Å². The molecule has 4 heteroatoms. The molecule has 0 bridgehead atoms. The van der Waals surface area contributed by atoms with Crippen molar-refractivity contribution >= 4 is 11.6 Å². The third-order valence-electron chi connectivity index (χ3n) is 4.51. The van der Waals surface area contributed by atoms with Crippen molar-refractivity contribution in [1.29, 1.82) is 0 Å². The Labute approximate surface area is 119 Å². The lowest BCUT2D eigenvalue weighted by molar-refractivity contribution is -0.134. The van der Waals surface area contributed by atoms with Crippen LogP contribution in [0.1, 0.15) is 18.4 Å². The number of carbonyl (C=O) groups excluding carboxylic acids is 1. The average molecular weight is 274 g/mol. The molecule has 4 nitrogen and oxygen atoms in total. The summed E-state index contributed by atoms with van der Waals surface area (Å²) in [6.45, 7) is 2.63. The van der Waals surface area contributed by atoms with E-state index >= 15 is 0 Å². The zero-order valence-electron chi connectivity index (χ0n) is 11.7. The highest BCUT2D eigenvalue weighted by molar-refractivity contribution is 5.81. The number of para-hydroxylation sites is 1. The zero-order valence-corrected chi connectivity index (χ0v) is 11.7. The number of likely N-dealkylation sites (tertiary alicyclic amines) is 1. The molecule has 0 saturated carbocycles. The van der Waals surface area contributed by atoms with Crippen LogP contribution in [0.25, 0.3) is 0 Å². The Morgan fingerprint density at radius 3 is 3.10 bits per heavy atom. The van der Waals surface area contributed by atoms with Crippen molar-refractivity contribution < 1.29 is 9.90 Å². The van der Waals surface area contributed by atoms with Gasteiger partial charge >= 0.3 is 0 Å². The maximum atomic E-state index is 12.6. The van der Waals surface area contributed by atoms with Crippen molar-refractivity contribution in [2.45, 2.75) is 19.3 Å². The molecule has 0 radical (unpaired) electrons. The third-order valence-corrected chi connectivity index (χ3v) is 4.51. The predicted octanol–water partition coefficient (Wildman–Crippen LogP) is 1.50. The van der Waals surface area contributed by atoms with Gasteiger partial charge in [0.2, 0.25) is 5.91 Å². The minimum Gasteiger partial charge on any atom is -0.396 e. The van der Waals surface area contributed by atoms with Gasteiger partial charge < -0.3 is 15.3 Å². The van der Waals surface area contributed by atoms with Crippen molar-refractivity contribution in [2.24, 2.45) is 11.8 Å². The number of benzene rings is 1. The number of rotatable bonds is 3. The Morgan fingerprint density at radius 2 is 2.25 bits per heavy atom. The number of hydrogen-bond donors (Lipinski definition) is 2. The second-order valence-corrected chi connectivity index (χ2v) is 5.89. The van der Waals surface area contributed by atoms with Gasteiger partial charge in [0.25, 0.3) is 0 Å². The van der Waals surface area contributed by atoms with Crippen molar-refractivity contribution in [2.75, 3.05) is 31.6 Å². The lowest BCUT2D eigenvalue weighted by Crippen LogP contribution is -2.40. The third kappa shape index (κ3) is 2.66. The summed E-state index contributed by atoms with van der Waals surface area (Å²) in [7, 11) is 0. The minimum atomic E-state index is 0.0535. The quantitative estimate of drug-likeness (QED) is 0.878. The molecule has 1 saturated heterocycles. The Balaban J connectivity index is 1.62. The van der Waals surface area contributed by atoms with Gasteiger partial charge in [-0.15, -0.1) is 0 Å². The Kier molecular flexibility index (Phi) is 3.92. The van der Waals surface area contributed by atoms with Crippen LogP contribution in [0.4, 0.5) is 5.69 Å². The molecule has 0 aliphatic carbocycles. The summed E-state index contributed by atoms with van der Waals surface area (Å²) in [5, 5.41) is 12.4. The molecule has 2 N–H and O–H groups in total. The molecule has 3 rings (SSSR count). The first-order valence-electron chi connectivity index (χ1n) is 7.49. The molecule has 2 unspecified atom stereocenters. The van der Waals surface area contributed by atoms with Gasteiger partial charge in [-0.05, 0) is 36.8 Å². The second kappa shape index (κ2) is 5.83. The fraction of sp³-hybridized carbons (Fsp3) is 0.562. The number of aliphatic hydroxyl groups is 1. The van der Waals surface area contributed by atoms with Gasteiger partial charge in [0, 0.05) is 31.9 Å². The Bertz CT molecular complexity index is 489. The van der Waals surface area contributed by atoms with Crippen LogP contribution >= 0.6 is 0 Å². The van der Waals surface area contributed by atoms with E-state index < -0.39 is 0 Å². The summed E-state index contributed by atoms with van der Waals surface area (Å²) >= 11 is 0. The molecule has 2 heterocycles. The standard InChI is InChI=1S/C16H22N2O2/c19-8-6-12-5-7-18(11-12)16(20)14-9-13-3-1-2-4-15(13)17-10-14/h1-4,12,14,17,19H,5-11H2. The van der Waals surface area contributed by atoms with E-state index in [9.17, 15) is 4.79 Å². The van der Waals surface area contributed by atoms with Crippen molar-refractivity contribution in [1.82, 2.24) is 4.90 Å². The molecule has 20 heavy (non-hydrogen) atoms. The van der Waals surface area contributed by atoms with E-state index in [4.69, 9.17) is 5.11 Å². The molecule has 0 spiro atoms. The minimum absolute atomic E-state index is 0.0535. The number of carbonyl (C=O) groups is 1. The molecule has 1 aromatic carbocycles. The van der Waals surface area contributed by atoms with E-state index in [1.807, 2.05) is 17.0 Å². The molecular formula is C16H22N2O2. The van der Waals surface area contributed by atoms with Crippen LogP contribution in [0.2, 0.25) is 0 Å². The summed E-state index contributed by atoms with van der Waals surface area (Å²) in [6, 6.07) is 8.22. The molecule has 0 aromatic heterocycles. The van der Waals surface area contributed by atoms with Crippen LogP contribution in [-0.2, 0) is 11.2 Å². The monoisotopic (exact) mass is 274 g/mol. The van der Waals surface area contributed by atoms with Crippen molar-refractivity contribution in [3.05, 3.63) is 29.8 Å². The molecule has 108 valence electrons. The maximum absolute atomic E-state index is 12.6. The van der Waals surface area contributed by atoms with E-state index in [0.29, 0.717) is 5.92 Å². The van der Waals surface area contributed by atoms with E-state index in [1.165, 1.54) is 5.56 Å². The lowest BCUT2D eigenvalue weighted by Gasteiger charge is -2.29. The number of nitrogens with one attached hydrogen (secondary N) is 1. The zero-order chi connectivity index (χ0) is 13.9. The van der Waals surface area contributed by atoms with Gasteiger partial charge in [-0.2, -0.15) is 0 Å². The molecule has 1 aromatic rings. The molecule has 2 aliphatic rings. The molecule has 2 atom stereocenters. The van der Waals surface area contributed by atoms with E-state index in [2.05, 4.69) is 17.4 Å². The number of hydrogen-bond acceptors (Lipinski definition) is 3. The highest BCUT2D eigenvalue weighted by atomic mass is 16.3. The maximum Gasteiger partial charge on any atom is 0.227 e. The summed E-state index contributed by atoms with van der Waals surface area (Å²) in [5.41, 5.74) is 2.40. The highest BCUT2D eigenvalue weighted by Crippen LogP contribution is 2.27. The number of aliphatic hydroxyl groups excluding tert-OH is 1. The van der Waals surface area contributed by atoms with E-state index in [1.54, 1.807) is 0 Å². The Hall–Kier alpha value is -1.55. The van der Waals surface area contributed by atoms with Crippen LogP contribution in [0.3, 0.4) is 0 Å². The summed E-state index contributed by atoms with van der Waals surface area (Å²) in [4.78, 5) is 14.6. The summed E-state index contributed by atoms with van der Waals surface area (Å²) in [5.74, 6) is 0.804. The average Bonchev–Trinajstić information content (AvgIpc) is 2.95. The second-order valence-electron chi connectivity index (χ2n) is 5.89. The van der Waals surface area contributed by atoms with Crippen molar-refractivity contribution in [3.8, 4) is 0 Å². The topological polar surface area (TPSA) is 52.6 Å². The number of fused-ring (bicyclic) bond motifs is 1. The van der Waals surface area contributed by atoms with E-state index in [-0.39, 0.29) is 18.4 Å². The van der Waals surface area contributed by atoms with Gasteiger partial charge in [0.05, 0.1) is 5.92 Å². The predicted molar refractivity (Wildman–Crippen MR) is 78.5 cm³/mol. The fourth-order valence-electron chi connectivity index (χ4n) is 3.33. The van der Waals surface area contributed by atoms with Crippen LogP contribution in [0.5, 0.6) is 0 Å². The lowest BCUT2D eigenvalue weighted by atomic mass is 9.93. The van der Waals surface area contributed by atoms with Gasteiger partial charge in [0.15, 0.2) is 0 Å². The fourth-order valence-corrected chi connectivity index (χ4v) is 3.33. The van der Waals surface area contributed by atoms with Crippen molar-refractivity contribution in [3.63, 3.8) is 0 Å². The molecule has 1 fully saturated rings. The summed E-state index contributed by atoms with van der Waals surface area (Å²) in [6.07, 6.45) is 2.68. The number of nitrogens with zero attached hydrogens (tertiary/aromatic N) is 1. The molecule has 1 amide bonds. The summed E-state index contributed by atoms with van der Waals surface area (Å²) < 4.78 is 0. The van der Waals surface area contributed by atoms with Crippen LogP contribution in [0, 0.1) is 11.8 Å². The molecule has 2 aliphatic heterocycles. The van der Waals surface area contributed by atoms with Crippen LogP contribution < -0.4 is 5.32 Å². The van der Waals surface area contributed by atoms with Gasteiger partial charge in [-0.25, -0.2) is 0 Å². The largest absolute Gasteiger partial charge is 0.396 e. The normalized spacial score (nSPS) is 25.1. The van der Waals surface area contributed by atoms with Crippen LogP contribution in [0.15, 0.2) is 24.3 Å². The van der Waals surface area contributed by atoms with Crippen LogP contribution in [-0.4, -0.2) is 42.2 Å². The molecular weight excluding hydrogens is 252 g/mol. The van der Waals surface area contributed by atoms with Gasteiger partial charge in [-0.1, -0.05) is 18.2 Å². The first-order chi connectivity index (χ1) is 9.78. The smallest absolute Gasteiger partial charge is 0.227 e. The van der Waals surface area contributed by atoms with Gasteiger partial charge in [0.1, 0.15) is 0 Å². The first-order valence-corrected chi connectivity index (χ1v) is 7.49. The van der Waals surface area contributed by atoms with E-state index in [0.717, 1.165) is 44.6 Å².